The number of amides is 1. The van der Waals surface area contributed by atoms with Crippen molar-refractivity contribution in [2.24, 2.45) is 0 Å². The minimum Gasteiger partial charge on any atom is -0.345 e. The van der Waals surface area contributed by atoms with E-state index in [4.69, 9.17) is 6.42 Å². The van der Waals surface area contributed by atoms with Crippen molar-refractivity contribution < 1.29 is 9.18 Å². The van der Waals surface area contributed by atoms with Crippen molar-refractivity contribution in [3.63, 3.8) is 0 Å². The number of carbonyl (C=O) groups excluding carboxylic acids is 1. The van der Waals surface area contributed by atoms with Crippen molar-refractivity contribution in [3.8, 4) is 12.3 Å². The van der Waals surface area contributed by atoms with E-state index in [0.717, 1.165) is 11.0 Å². The molecule has 0 atom stereocenters. The van der Waals surface area contributed by atoms with Gasteiger partial charge in [0.1, 0.15) is 11.6 Å². The van der Waals surface area contributed by atoms with Gasteiger partial charge >= 0.3 is 0 Å². The summed E-state index contributed by atoms with van der Waals surface area (Å²) in [6.07, 6.45) is 5.41. The topological polar surface area (TPSA) is 46.9 Å². The molecule has 0 saturated heterocycles. The van der Waals surface area contributed by atoms with Gasteiger partial charge in [-0.1, -0.05) is 30.2 Å². The van der Waals surface area contributed by atoms with E-state index in [1.165, 1.54) is 12.1 Å². The number of rotatable bonds is 4. The van der Waals surface area contributed by atoms with E-state index in [1.54, 1.807) is 12.1 Å². The molecule has 4 nitrogen and oxygen atoms in total. The molecule has 1 aromatic heterocycles. The Balaban J connectivity index is 1.85. The van der Waals surface area contributed by atoms with E-state index < -0.39 is 11.7 Å². The van der Waals surface area contributed by atoms with Gasteiger partial charge in [-0.25, -0.2) is 9.37 Å². The molecule has 3 rings (SSSR count). The molecule has 0 spiro atoms. The van der Waals surface area contributed by atoms with E-state index in [9.17, 15) is 9.18 Å². The molecule has 2 aromatic carbocycles. The van der Waals surface area contributed by atoms with Crippen molar-refractivity contribution in [2.75, 3.05) is 0 Å². The number of hydrogen-bond donors (Lipinski definition) is 1. The maximum absolute atomic E-state index is 13.6. The molecule has 0 aliphatic carbocycles. The Morgan fingerprint density at radius 3 is 2.74 bits per heavy atom. The average molecular weight is 307 g/mol. The minimum atomic E-state index is -0.554. The number of nitrogens with one attached hydrogen (secondary N) is 1. The van der Waals surface area contributed by atoms with E-state index >= 15 is 0 Å². The van der Waals surface area contributed by atoms with E-state index in [2.05, 4.69) is 16.2 Å². The Hall–Kier alpha value is -3.13. The molecule has 0 bridgehead atoms. The maximum Gasteiger partial charge on any atom is 0.254 e. The summed E-state index contributed by atoms with van der Waals surface area (Å²) in [5.74, 6) is 2.18. The van der Waals surface area contributed by atoms with Crippen LogP contribution in [0.5, 0.6) is 0 Å². The van der Waals surface area contributed by atoms with Gasteiger partial charge in [0.2, 0.25) is 0 Å². The van der Waals surface area contributed by atoms with Crippen LogP contribution in [-0.2, 0) is 13.1 Å². The number of imidazole rings is 1. The molecule has 0 fully saturated rings. The van der Waals surface area contributed by atoms with Crippen LogP contribution in [0, 0.1) is 18.2 Å². The molecular weight excluding hydrogens is 293 g/mol. The quantitative estimate of drug-likeness (QED) is 0.753. The van der Waals surface area contributed by atoms with Crippen LogP contribution in [-0.4, -0.2) is 15.5 Å². The number of aromatic nitrogens is 2. The molecule has 1 N–H and O–H groups in total. The number of terminal acetylenes is 1. The predicted octanol–water partition coefficient (Wildman–Crippen LogP) is 2.74. The Morgan fingerprint density at radius 1 is 1.22 bits per heavy atom. The Labute approximate surface area is 133 Å². The van der Waals surface area contributed by atoms with Crippen LogP contribution < -0.4 is 5.32 Å². The first-order chi connectivity index (χ1) is 11.2. The minimum absolute atomic E-state index is 0.00658. The monoisotopic (exact) mass is 307 g/mol. The zero-order chi connectivity index (χ0) is 16.2. The molecule has 0 aliphatic rings. The van der Waals surface area contributed by atoms with Gasteiger partial charge in [0.25, 0.3) is 5.91 Å². The standard InChI is InChI=1S/C18H14FN3O/c1-2-11-22-16-10-6-5-9-15(16)21-17(22)12-20-18(23)13-7-3-4-8-14(13)19/h1,3-10H,11-12H2,(H,20,23). The lowest BCUT2D eigenvalue weighted by atomic mass is 10.2. The number of benzene rings is 2. The van der Waals surface area contributed by atoms with Crippen LogP contribution in [0.1, 0.15) is 16.2 Å². The second-order valence-corrected chi connectivity index (χ2v) is 4.97. The van der Waals surface area contributed by atoms with Crippen LogP contribution in [0.2, 0.25) is 0 Å². The first-order valence-corrected chi connectivity index (χ1v) is 7.11. The third-order valence-electron chi connectivity index (χ3n) is 3.51. The lowest BCUT2D eigenvalue weighted by molar-refractivity contribution is 0.0945. The summed E-state index contributed by atoms with van der Waals surface area (Å²) in [5.41, 5.74) is 1.71. The van der Waals surface area contributed by atoms with Gasteiger partial charge < -0.3 is 9.88 Å². The van der Waals surface area contributed by atoms with Crippen molar-refractivity contribution in [3.05, 3.63) is 65.7 Å². The van der Waals surface area contributed by atoms with Crippen molar-refractivity contribution in [2.45, 2.75) is 13.1 Å². The number of halogens is 1. The highest BCUT2D eigenvalue weighted by molar-refractivity contribution is 5.94. The summed E-state index contributed by atoms with van der Waals surface area (Å²) in [4.78, 5) is 16.6. The molecule has 23 heavy (non-hydrogen) atoms. The van der Waals surface area contributed by atoms with Gasteiger partial charge in [0.05, 0.1) is 29.7 Å². The summed E-state index contributed by atoms with van der Waals surface area (Å²) < 4.78 is 15.5. The lowest BCUT2D eigenvalue weighted by Gasteiger charge is -2.08. The molecule has 1 amide bonds. The van der Waals surface area contributed by atoms with E-state index in [-0.39, 0.29) is 12.1 Å². The first-order valence-electron chi connectivity index (χ1n) is 7.11. The van der Waals surface area contributed by atoms with E-state index in [0.29, 0.717) is 12.4 Å². The molecule has 3 aromatic rings. The molecule has 0 radical (unpaired) electrons. The molecule has 0 aliphatic heterocycles. The SMILES string of the molecule is C#CCn1c(CNC(=O)c2ccccc2F)nc2ccccc21. The highest BCUT2D eigenvalue weighted by atomic mass is 19.1. The van der Waals surface area contributed by atoms with E-state index in [1.807, 2.05) is 28.8 Å². The largest absolute Gasteiger partial charge is 0.345 e. The van der Waals surface area contributed by atoms with Crippen molar-refractivity contribution in [1.29, 1.82) is 0 Å². The zero-order valence-corrected chi connectivity index (χ0v) is 12.3. The van der Waals surface area contributed by atoms with Crippen molar-refractivity contribution in [1.82, 2.24) is 14.9 Å². The molecular formula is C18H14FN3O. The second kappa shape index (κ2) is 6.32. The van der Waals surface area contributed by atoms with Gasteiger partial charge in [-0.3, -0.25) is 4.79 Å². The number of nitrogens with zero attached hydrogens (tertiary/aromatic N) is 2. The van der Waals surface area contributed by atoms with Gasteiger partial charge in [0, 0.05) is 0 Å². The highest BCUT2D eigenvalue weighted by Gasteiger charge is 2.13. The second-order valence-electron chi connectivity index (χ2n) is 4.97. The predicted molar refractivity (Wildman–Crippen MR) is 86.1 cm³/mol. The zero-order valence-electron chi connectivity index (χ0n) is 12.3. The summed E-state index contributed by atoms with van der Waals surface area (Å²) in [7, 11) is 0. The van der Waals surface area contributed by atoms with Gasteiger partial charge in [0.15, 0.2) is 0 Å². The number of para-hydroxylation sites is 2. The third-order valence-corrected chi connectivity index (χ3v) is 3.51. The van der Waals surface area contributed by atoms with Crippen LogP contribution in [0.15, 0.2) is 48.5 Å². The number of carbonyl (C=O) groups is 1. The maximum atomic E-state index is 13.6. The van der Waals surface area contributed by atoms with Crippen molar-refractivity contribution >= 4 is 16.9 Å². The molecule has 0 saturated carbocycles. The lowest BCUT2D eigenvalue weighted by Crippen LogP contribution is -2.25. The van der Waals surface area contributed by atoms with Gasteiger partial charge in [-0.15, -0.1) is 6.42 Å². The molecule has 0 unspecified atom stereocenters. The Bertz CT molecular complexity index is 908. The van der Waals surface area contributed by atoms with Crippen LogP contribution in [0.4, 0.5) is 4.39 Å². The third kappa shape index (κ3) is 2.92. The van der Waals surface area contributed by atoms with Gasteiger partial charge in [-0.2, -0.15) is 0 Å². The van der Waals surface area contributed by atoms with Crippen LogP contribution >= 0.6 is 0 Å². The number of fused-ring (bicyclic) bond motifs is 1. The molecule has 114 valence electrons. The summed E-state index contributed by atoms with van der Waals surface area (Å²) >= 11 is 0. The normalized spacial score (nSPS) is 10.4. The smallest absolute Gasteiger partial charge is 0.254 e. The highest BCUT2D eigenvalue weighted by Crippen LogP contribution is 2.16. The van der Waals surface area contributed by atoms with Gasteiger partial charge in [-0.05, 0) is 24.3 Å². The summed E-state index contributed by atoms with van der Waals surface area (Å²) in [5, 5.41) is 2.68. The Morgan fingerprint density at radius 2 is 1.96 bits per heavy atom. The summed E-state index contributed by atoms with van der Waals surface area (Å²) in [6, 6.07) is 13.4. The number of hydrogen-bond acceptors (Lipinski definition) is 2. The molecule has 1 heterocycles. The fraction of sp³-hybridized carbons (Fsp3) is 0.111. The van der Waals surface area contributed by atoms with Crippen LogP contribution in [0.3, 0.4) is 0 Å². The van der Waals surface area contributed by atoms with Crippen LogP contribution in [0.25, 0.3) is 11.0 Å². The Kier molecular flexibility index (Phi) is 4.07. The fourth-order valence-corrected chi connectivity index (χ4v) is 2.43. The first kappa shape index (κ1) is 14.8. The average Bonchev–Trinajstić information content (AvgIpc) is 2.91. The summed E-state index contributed by atoms with van der Waals surface area (Å²) in [6.45, 7) is 0.523. The fourth-order valence-electron chi connectivity index (χ4n) is 2.43. The molecule has 5 heteroatoms.